The molecule has 1 amide bonds. The van der Waals surface area contributed by atoms with E-state index in [1.165, 1.54) is 11.8 Å². The van der Waals surface area contributed by atoms with Crippen molar-refractivity contribution < 1.29 is 13.2 Å². The minimum Gasteiger partial charge on any atom is -0.369 e. The molecule has 0 radical (unpaired) electrons. The summed E-state index contributed by atoms with van der Waals surface area (Å²) in [6, 6.07) is 15.4. The zero-order valence-electron chi connectivity index (χ0n) is 20.1. The highest BCUT2D eigenvalue weighted by atomic mass is 32.2. The molecule has 0 aromatic heterocycles. The number of sulfonamides is 1. The van der Waals surface area contributed by atoms with Gasteiger partial charge in [-0.25, -0.2) is 8.42 Å². The number of carbonyl (C=O) groups excluding carboxylic acids is 1. The van der Waals surface area contributed by atoms with Crippen LogP contribution in [0.3, 0.4) is 0 Å². The molecule has 2 aromatic carbocycles. The summed E-state index contributed by atoms with van der Waals surface area (Å²) in [5.74, 6) is -0.206. The lowest BCUT2D eigenvalue weighted by molar-refractivity contribution is 0.0950. The Labute approximate surface area is 203 Å². The molecule has 2 fully saturated rings. The van der Waals surface area contributed by atoms with Crippen molar-refractivity contribution in [3.8, 4) is 0 Å². The zero-order chi connectivity index (χ0) is 24.0. The van der Waals surface area contributed by atoms with Gasteiger partial charge in [0.2, 0.25) is 10.0 Å². The number of para-hydroxylation sites is 1. The van der Waals surface area contributed by atoms with E-state index >= 15 is 0 Å². The fourth-order valence-corrected chi connectivity index (χ4v) is 6.27. The second kappa shape index (κ2) is 11.3. The Morgan fingerprint density at radius 1 is 0.912 bits per heavy atom. The topological polar surface area (TPSA) is 73.0 Å². The van der Waals surface area contributed by atoms with E-state index < -0.39 is 10.0 Å². The normalized spacial score (nSPS) is 18.1. The number of aryl methyl sites for hydroxylation is 1. The maximum absolute atomic E-state index is 13.0. The Hall–Kier alpha value is -2.42. The van der Waals surface area contributed by atoms with E-state index in [0.29, 0.717) is 25.2 Å². The number of nitrogens with zero attached hydrogens (tertiary/aromatic N) is 3. The van der Waals surface area contributed by atoms with Gasteiger partial charge in [-0.15, -0.1) is 0 Å². The molecule has 2 heterocycles. The van der Waals surface area contributed by atoms with Gasteiger partial charge >= 0.3 is 0 Å². The van der Waals surface area contributed by atoms with Crippen molar-refractivity contribution in [1.29, 1.82) is 0 Å². The molecule has 0 spiro atoms. The first-order valence-electron chi connectivity index (χ1n) is 12.4. The van der Waals surface area contributed by atoms with Gasteiger partial charge in [-0.3, -0.25) is 9.69 Å². The van der Waals surface area contributed by atoms with Crippen molar-refractivity contribution >= 4 is 21.6 Å². The molecule has 0 aliphatic carbocycles. The fraction of sp³-hybridized carbons (Fsp3) is 0.500. The van der Waals surface area contributed by atoms with Gasteiger partial charge in [-0.05, 0) is 62.6 Å². The molecule has 2 aliphatic rings. The van der Waals surface area contributed by atoms with Gasteiger partial charge in [0.15, 0.2) is 0 Å². The number of nitrogens with one attached hydrogen (secondary N) is 1. The molecule has 34 heavy (non-hydrogen) atoms. The first kappa shape index (κ1) is 24.7. The molecule has 2 aromatic rings. The summed E-state index contributed by atoms with van der Waals surface area (Å²) in [5, 5.41) is 2.99. The molecule has 0 unspecified atom stereocenters. The summed E-state index contributed by atoms with van der Waals surface area (Å²) in [4.78, 5) is 17.9. The molecular weight excluding hydrogens is 448 g/mol. The number of rotatable bonds is 8. The first-order chi connectivity index (χ1) is 16.4. The van der Waals surface area contributed by atoms with Gasteiger partial charge in [0.1, 0.15) is 0 Å². The zero-order valence-corrected chi connectivity index (χ0v) is 20.9. The van der Waals surface area contributed by atoms with E-state index in [4.69, 9.17) is 0 Å². The summed E-state index contributed by atoms with van der Waals surface area (Å²) >= 11 is 0. The second-order valence-electron chi connectivity index (χ2n) is 9.22. The van der Waals surface area contributed by atoms with Crippen LogP contribution in [0.15, 0.2) is 53.4 Å². The van der Waals surface area contributed by atoms with E-state index in [-0.39, 0.29) is 10.8 Å². The van der Waals surface area contributed by atoms with Gasteiger partial charge < -0.3 is 10.2 Å². The molecule has 0 atom stereocenters. The summed E-state index contributed by atoms with van der Waals surface area (Å²) in [6.07, 6.45) is 3.71. The standard InChI is InChI=1S/C26H36N4O3S/c1-22-11-12-24(34(32,33)30-15-6-3-7-16-30)21-25(22)26(31)27-13-8-14-28-17-19-29(20-18-28)23-9-4-2-5-10-23/h2,4-5,9-12,21H,3,6-8,13-20H2,1H3,(H,27,31). The monoisotopic (exact) mass is 484 g/mol. The highest BCUT2D eigenvalue weighted by molar-refractivity contribution is 7.89. The number of piperidine rings is 1. The van der Waals surface area contributed by atoms with Crippen LogP contribution < -0.4 is 10.2 Å². The number of hydrogen-bond acceptors (Lipinski definition) is 5. The van der Waals surface area contributed by atoms with Gasteiger partial charge in [-0.1, -0.05) is 30.7 Å². The lowest BCUT2D eigenvalue weighted by Crippen LogP contribution is -2.47. The van der Waals surface area contributed by atoms with Crippen molar-refractivity contribution in [2.45, 2.75) is 37.5 Å². The third kappa shape index (κ3) is 5.98. The van der Waals surface area contributed by atoms with Crippen LogP contribution in [-0.4, -0.2) is 75.9 Å². The lowest BCUT2D eigenvalue weighted by Gasteiger charge is -2.36. The van der Waals surface area contributed by atoms with Crippen LogP contribution >= 0.6 is 0 Å². The highest BCUT2D eigenvalue weighted by Crippen LogP contribution is 2.23. The summed E-state index contributed by atoms with van der Waals surface area (Å²) in [6.45, 7) is 8.50. The SMILES string of the molecule is Cc1ccc(S(=O)(=O)N2CCCCC2)cc1C(=O)NCCCN1CCN(c2ccccc2)CC1. The Kier molecular flexibility index (Phi) is 8.24. The van der Waals surface area contributed by atoms with Crippen molar-refractivity contribution in [1.82, 2.24) is 14.5 Å². The van der Waals surface area contributed by atoms with Crippen molar-refractivity contribution in [3.05, 3.63) is 59.7 Å². The Bertz CT molecular complexity index is 1060. The summed E-state index contributed by atoms with van der Waals surface area (Å²) in [5.41, 5.74) is 2.50. The molecule has 2 aliphatic heterocycles. The Morgan fingerprint density at radius 2 is 1.62 bits per heavy atom. The second-order valence-corrected chi connectivity index (χ2v) is 11.2. The van der Waals surface area contributed by atoms with Crippen molar-refractivity contribution in [2.75, 3.05) is 57.3 Å². The van der Waals surface area contributed by atoms with E-state index in [2.05, 4.69) is 39.4 Å². The molecule has 184 valence electrons. The lowest BCUT2D eigenvalue weighted by atomic mass is 10.1. The molecule has 0 bridgehead atoms. The smallest absolute Gasteiger partial charge is 0.251 e. The van der Waals surface area contributed by atoms with Crippen LogP contribution in [-0.2, 0) is 10.0 Å². The number of anilines is 1. The van der Waals surface area contributed by atoms with E-state index in [0.717, 1.165) is 64.0 Å². The van der Waals surface area contributed by atoms with Crippen LogP contribution in [0, 0.1) is 6.92 Å². The number of piperazine rings is 1. The number of hydrogen-bond donors (Lipinski definition) is 1. The molecule has 0 saturated carbocycles. The number of amides is 1. The van der Waals surface area contributed by atoms with Crippen LogP contribution in [0.25, 0.3) is 0 Å². The maximum Gasteiger partial charge on any atom is 0.251 e. The van der Waals surface area contributed by atoms with Gasteiger partial charge in [-0.2, -0.15) is 4.31 Å². The number of benzene rings is 2. The predicted molar refractivity (Wildman–Crippen MR) is 136 cm³/mol. The molecule has 7 nitrogen and oxygen atoms in total. The minimum absolute atomic E-state index is 0.206. The van der Waals surface area contributed by atoms with Gasteiger partial charge in [0.05, 0.1) is 4.90 Å². The van der Waals surface area contributed by atoms with Crippen molar-refractivity contribution in [2.24, 2.45) is 0 Å². The summed E-state index contributed by atoms with van der Waals surface area (Å²) in [7, 11) is -3.56. The maximum atomic E-state index is 13.0. The molecule has 4 rings (SSSR count). The Morgan fingerprint density at radius 3 is 2.32 bits per heavy atom. The quantitative estimate of drug-likeness (QED) is 0.583. The van der Waals surface area contributed by atoms with Crippen LogP contribution in [0.1, 0.15) is 41.6 Å². The largest absolute Gasteiger partial charge is 0.369 e. The molecule has 1 N–H and O–H groups in total. The average Bonchev–Trinajstić information content (AvgIpc) is 2.88. The van der Waals surface area contributed by atoms with Gasteiger partial charge in [0.25, 0.3) is 5.91 Å². The van der Waals surface area contributed by atoms with Crippen LogP contribution in [0.2, 0.25) is 0 Å². The fourth-order valence-electron chi connectivity index (χ4n) is 4.73. The van der Waals surface area contributed by atoms with Crippen molar-refractivity contribution in [3.63, 3.8) is 0 Å². The minimum atomic E-state index is -3.56. The Balaban J connectivity index is 1.25. The predicted octanol–water partition coefficient (Wildman–Crippen LogP) is 3.11. The molecule has 8 heteroatoms. The van der Waals surface area contributed by atoms with E-state index in [1.807, 2.05) is 13.0 Å². The summed E-state index contributed by atoms with van der Waals surface area (Å²) < 4.78 is 27.6. The van der Waals surface area contributed by atoms with Crippen LogP contribution in [0.4, 0.5) is 5.69 Å². The first-order valence-corrected chi connectivity index (χ1v) is 13.8. The average molecular weight is 485 g/mol. The molecule has 2 saturated heterocycles. The third-order valence-corrected chi connectivity index (χ3v) is 8.73. The number of carbonyl (C=O) groups is 1. The van der Waals surface area contributed by atoms with Gasteiger partial charge in [0, 0.05) is 57.1 Å². The van der Waals surface area contributed by atoms with E-state index in [1.54, 1.807) is 16.4 Å². The highest BCUT2D eigenvalue weighted by Gasteiger charge is 2.27. The van der Waals surface area contributed by atoms with E-state index in [9.17, 15) is 13.2 Å². The molecular formula is C26H36N4O3S. The van der Waals surface area contributed by atoms with Crippen LogP contribution in [0.5, 0.6) is 0 Å². The third-order valence-electron chi connectivity index (χ3n) is 6.84.